The lowest BCUT2D eigenvalue weighted by molar-refractivity contribution is -0.386. The summed E-state index contributed by atoms with van der Waals surface area (Å²) in [6.45, 7) is 12.9. The van der Waals surface area contributed by atoms with Gasteiger partial charge in [0.2, 0.25) is 5.82 Å². The first-order chi connectivity index (χ1) is 10.2. The van der Waals surface area contributed by atoms with Gasteiger partial charge < -0.3 is 4.74 Å². The van der Waals surface area contributed by atoms with Crippen LogP contribution in [-0.4, -0.2) is 16.6 Å². The molecule has 1 amide bonds. The third-order valence-electron chi connectivity index (χ3n) is 1.80. The van der Waals surface area contributed by atoms with Gasteiger partial charge in [-0.25, -0.2) is 4.79 Å². The molecule has 0 atom stereocenters. The minimum absolute atomic E-state index is 0.241. The average Bonchev–Trinajstić information content (AvgIpc) is 2.40. The van der Waals surface area contributed by atoms with Crippen molar-refractivity contribution in [3.8, 4) is 0 Å². The predicted octanol–water partition coefficient (Wildman–Crippen LogP) is 5.13. The number of nitrogens with one attached hydrogen (secondary N) is 1. The molecular formula is C15H25FN2O4. The molecule has 22 heavy (non-hydrogen) atoms. The lowest BCUT2D eigenvalue weighted by atomic mass is 10.2. The number of hydrogen-bond donors (Lipinski definition) is 1. The van der Waals surface area contributed by atoms with Crippen LogP contribution in [0.1, 0.15) is 48.5 Å². The molecule has 0 heterocycles. The van der Waals surface area contributed by atoms with Crippen molar-refractivity contribution < 1.29 is 18.8 Å². The number of carbonyl (C=O) groups is 1. The second-order valence-electron chi connectivity index (χ2n) is 4.52. The van der Waals surface area contributed by atoms with Gasteiger partial charge >= 0.3 is 11.8 Å². The van der Waals surface area contributed by atoms with Gasteiger partial charge in [-0.15, -0.1) is 0 Å². The Bertz CT molecular complexity index is 485. The summed E-state index contributed by atoms with van der Waals surface area (Å²) >= 11 is 0. The monoisotopic (exact) mass is 316 g/mol. The number of ether oxygens (including phenoxy) is 1. The lowest BCUT2D eigenvalue weighted by Gasteiger charge is -2.19. The Morgan fingerprint density at radius 1 is 1.23 bits per heavy atom. The highest BCUT2D eigenvalue weighted by atomic mass is 19.1. The van der Waals surface area contributed by atoms with Gasteiger partial charge in [-0.05, 0) is 32.9 Å². The molecule has 6 nitrogen and oxygen atoms in total. The summed E-state index contributed by atoms with van der Waals surface area (Å²) in [5, 5.41) is 12.8. The number of carbonyl (C=O) groups excluding carboxylic acids is 1. The maximum absolute atomic E-state index is 13.3. The molecule has 0 spiro atoms. The van der Waals surface area contributed by atoms with Crippen LogP contribution in [0.2, 0.25) is 0 Å². The van der Waals surface area contributed by atoms with Crippen molar-refractivity contribution in [3.05, 3.63) is 34.1 Å². The molecule has 0 saturated heterocycles. The average molecular weight is 316 g/mol. The topological polar surface area (TPSA) is 81.5 Å². The van der Waals surface area contributed by atoms with Gasteiger partial charge in [-0.2, -0.15) is 4.39 Å². The molecule has 0 aliphatic heterocycles. The Labute approximate surface area is 130 Å². The second-order valence-corrected chi connectivity index (χ2v) is 4.52. The normalized spacial score (nSPS) is 9.45. The highest BCUT2D eigenvalue weighted by Gasteiger charge is 2.23. The van der Waals surface area contributed by atoms with Crippen LogP contribution in [0.5, 0.6) is 0 Å². The number of benzene rings is 1. The Hall–Kier alpha value is -2.18. The molecule has 126 valence electrons. The zero-order chi connectivity index (χ0) is 17.9. The summed E-state index contributed by atoms with van der Waals surface area (Å²) < 4.78 is 18.2. The van der Waals surface area contributed by atoms with Gasteiger partial charge in [0, 0.05) is 0 Å². The Morgan fingerprint density at radius 2 is 1.73 bits per heavy atom. The van der Waals surface area contributed by atoms with E-state index in [2.05, 4.69) is 5.32 Å². The first-order valence-electron chi connectivity index (χ1n) is 7.13. The molecule has 0 bridgehead atoms. The van der Waals surface area contributed by atoms with Crippen molar-refractivity contribution in [2.45, 2.75) is 54.1 Å². The van der Waals surface area contributed by atoms with E-state index in [-0.39, 0.29) is 5.69 Å². The van der Waals surface area contributed by atoms with E-state index >= 15 is 0 Å². The molecule has 1 N–H and O–H groups in total. The summed E-state index contributed by atoms with van der Waals surface area (Å²) in [5.74, 6) is -1.02. The molecule has 1 aromatic rings. The Morgan fingerprint density at radius 3 is 2.14 bits per heavy atom. The number of hydrogen-bond acceptors (Lipinski definition) is 4. The van der Waals surface area contributed by atoms with Crippen LogP contribution in [0.25, 0.3) is 0 Å². The van der Waals surface area contributed by atoms with Gasteiger partial charge in [0.15, 0.2) is 0 Å². The molecule has 0 aromatic heterocycles. The van der Waals surface area contributed by atoms with Gasteiger partial charge in [-0.1, -0.05) is 33.8 Å². The summed E-state index contributed by atoms with van der Waals surface area (Å²) in [5.41, 5.74) is -1.77. The number of anilines is 1. The fourth-order valence-corrected chi connectivity index (χ4v) is 1.22. The zero-order valence-electron chi connectivity index (χ0n) is 14.2. The molecule has 0 fully saturated rings. The zero-order valence-corrected chi connectivity index (χ0v) is 14.2. The van der Waals surface area contributed by atoms with Gasteiger partial charge in [0.25, 0.3) is 0 Å². The first-order valence-corrected chi connectivity index (χ1v) is 7.13. The van der Waals surface area contributed by atoms with Crippen molar-refractivity contribution in [3.63, 3.8) is 0 Å². The predicted molar refractivity (Wildman–Crippen MR) is 85.6 cm³/mol. The quantitative estimate of drug-likeness (QED) is 0.605. The molecule has 7 heteroatoms. The molecule has 0 unspecified atom stereocenters. The van der Waals surface area contributed by atoms with Crippen LogP contribution in [0.3, 0.4) is 0 Å². The van der Waals surface area contributed by atoms with E-state index in [0.717, 1.165) is 6.07 Å². The molecule has 0 aliphatic rings. The van der Waals surface area contributed by atoms with Crippen molar-refractivity contribution in [1.29, 1.82) is 0 Å². The molecule has 0 aliphatic carbocycles. The maximum Gasteiger partial charge on any atom is 0.412 e. The maximum atomic E-state index is 13.3. The minimum atomic E-state index is -1.02. The first kappa shape index (κ1) is 22.1. The van der Waals surface area contributed by atoms with E-state index in [1.807, 2.05) is 27.7 Å². The van der Waals surface area contributed by atoms with Gasteiger partial charge in [0.1, 0.15) is 11.3 Å². The summed E-state index contributed by atoms with van der Waals surface area (Å²) in [7, 11) is 0. The van der Waals surface area contributed by atoms with E-state index in [1.165, 1.54) is 12.1 Å². The van der Waals surface area contributed by atoms with E-state index in [0.29, 0.717) is 0 Å². The van der Waals surface area contributed by atoms with Crippen LogP contribution in [0, 0.1) is 15.9 Å². The number of amides is 1. The fraction of sp³-hybridized carbons (Fsp3) is 0.533. The van der Waals surface area contributed by atoms with Crippen molar-refractivity contribution in [1.82, 2.24) is 0 Å². The number of nitro groups is 1. The molecule has 1 rings (SSSR count). The summed E-state index contributed by atoms with van der Waals surface area (Å²) in [6, 6.07) is 3.43. The number of rotatable bonds is 2. The fourth-order valence-electron chi connectivity index (χ4n) is 1.22. The third kappa shape index (κ3) is 8.18. The number of nitro benzene ring substituents is 1. The van der Waals surface area contributed by atoms with Crippen molar-refractivity contribution >= 4 is 17.5 Å². The van der Waals surface area contributed by atoms with E-state index < -0.39 is 28.1 Å². The van der Waals surface area contributed by atoms with Crippen LogP contribution < -0.4 is 5.32 Å². The van der Waals surface area contributed by atoms with Crippen molar-refractivity contribution in [2.75, 3.05) is 5.32 Å². The van der Waals surface area contributed by atoms with Gasteiger partial charge in [0.05, 0.1) is 4.92 Å². The Balaban J connectivity index is 0. The number of para-hydroxylation sites is 1. The highest BCUT2D eigenvalue weighted by molar-refractivity contribution is 5.88. The standard InChI is InChI=1S/C11H13FN2O4.2C2H6/c1-11(2,3)18-10(15)13-8-6-4-5-7(12)9(8)14(16)17;2*1-2/h4-6H,1-3H3,(H,13,15);2*1-2H3. The SMILES string of the molecule is CC.CC.CC(C)(C)OC(=O)Nc1cccc(F)c1[N+](=O)[O-]. The highest BCUT2D eigenvalue weighted by Crippen LogP contribution is 2.27. The smallest absolute Gasteiger partial charge is 0.412 e. The number of nitrogens with zero attached hydrogens (tertiary/aromatic N) is 1. The molecule has 0 saturated carbocycles. The van der Waals surface area contributed by atoms with Crippen LogP contribution in [0.15, 0.2) is 18.2 Å². The van der Waals surface area contributed by atoms with Crippen LogP contribution in [-0.2, 0) is 4.74 Å². The second kappa shape index (κ2) is 10.5. The molecule has 0 radical (unpaired) electrons. The minimum Gasteiger partial charge on any atom is -0.444 e. The van der Waals surface area contributed by atoms with Crippen LogP contribution >= 0.6 is 0 Å². The third-order valence-corrected chi connectivity index (χ3v) is 1.80. The Kier molecular flexibility index (Phi) is 10.6. The van der Waals surface area contributed by atoms with E-state index in [1.54, 1.807) is 20.8 Å². The number of halogens is 1. The molecule has 1 aromatic carbocycles. The summed E-state index contributed by atoms with van der Waals surface area (Å²) in [6.07, 6.45) is -0.879. The molecular weight excluding hydrogens is 291 g/mol. The van der Waals surface area contributed by atoms with Crippen LogP contribution in [0.4, 0.5) is 20.6 Å². The lowest BCUT2D eigenvalue weighted by Crippen LogP contribution is -2.27. The van der Waals surface area contributed by atoms with E-state index in [4.69, 9.17) is 4.74 Å². The van der Waals surface area contributed by atoms with Crippen molar-refractivity contribution in [2.24, 2.45) is 0 Å². The summed E-state index contributed by atoms with van der Waals surface area (Å²) in [4.78, 5) is 21.2. The largest absolute Gasteiger partial charge is 0.444 e. The van der Waals surface area contributed by atoms with Gasteiger partial charge in [-0.3, -0.25) is 15.4 Å². The van der Waals surface area contributed by atoms with E-state index in [9.17, 15) is 19.3 Å².